The number of hydrogen-bond donors (Lipinski definition) is 2. The van der Waals surface area contributed by atoms with Crippen LogP contribution < -0.4 is 18.9 Å². The van der Waals surface area contributed by atoms with E-state index in [-0.39, 0.29) is 18.3 Å². The molecule has 0 unspecified atom stereocenters. The van der Waals surface area contributed by atoms with E-state index in [0.717, 1.165) is 197 Å². The Balaban J connectivity index is 0.992. The molecule has 11 heteroatoms. The van der Waals surface area contributed by atoms with Gasteiger partial charge in [-0.25, -0.2) is 9.97 Å². The van der Waals surface area contributed by atoms with Crippen LogP contribution in [0, 0.1) is 0 Å². The molecule has 3 aromatic heterocycles. The fraction of sp³-hybridized carbons (Fsp3) is 0.389. The van der Waals surface area contributed by atoms with Crippen LogP contribution in [0.4, 0.5) is 0 Å². The van der Waals surface area contributed by atoms with Crippen LogP contribution in [-0.4, -0.2) is 120 Å². The SMILES string of the molecule is CCCCCCCCCCOc1ccc(-c2c3ccc([nH]3)c(-c3ccc(OC4CCN(C)CC4)cc3)c3nc(c(-c4ccc(OC5CCN(C)CC5)cc4)c4nc(c(-c5ccc(OC6CCN(C)CC6)cc5)c5ccc2[nH]5)C=C4)C=C3)cc1. The van der Waals surface area contributed by atoms with Crippen molar-refractivity contribution in [1.29, 1.82) is 0 Å². The first-order valence-corrected chi connectivity index (χ1v) is 31.0. The van der Waals surface area contributed by atoms with E-state index in [4.69, 9.17) is 28.9 Å². The van der Waals surface area contributed by atoms with Gasteiger partial charge >= 0.3 is 0 Å². The Bertz CT molecular complexity index is 3360. The van der Waals surface area contributed by atoms with Crippen LogP contribution in [-0.2, 0) is 0 Å². The van der Waals surface area contributed by atoms with Crippen LogP contribution in [0.5, 0.6) is 23.0 Å². The van der Waals surface area contributed by atoms with E-state index in [9.17, 15) is 0 Å². The molecule has 0 saturated carbocycles. The fourth-order valence-electron chi connectivity index (χ4n) is 12.6. The van der Waals surface area contributed by atoms with Crippen LogP contribution in [0.25, 0.3) is 90.9 Å². The highest BCUT2D eigenvalue weighted by Crippen LogP contribution is 2.40. The van der Waals surface area contributed by atoms with Crippen molar-refractivity contribution in [1.82, 2.24) is 34.6 Å². The Kier molecular flexibility index (Phi) is 17.8. The largest absolute Gasteiger partial charge is 0.494 e. The highest BCUT2D eigenvalue weighted by molar-refractivity contribution is 6.00. The number of nitrogens with zero attached hydrogens (tertiary/aromatic N) is 5. The third-order valence-electron chi connectivity index (χ3n) is 17.5. The molecule has 0 aliphatic carbocycles. The summed E-state index contributed by atoms with van der Waals surface area (Å²) in [6, 6.07) is 43.2. The lowest BCUT2D eigenvalue weighted by Crippen LogP contribution is -2.35. The number of hydrogen-bond acceptors (Lipinski definition) is 9. The Morgan fingerprint density at radius 2 is 0.663 bits per heavy atom. The van der Waals surface area contributed by atoms with Gasteiger partial charge in [-0.1, -0.05) is 100 Å². The molecule has 0 spiro atoms. The van der Waals surface area contributed by atoms with Crippen molar-refractivity contribution in [2.75, 3.05) is 67.0 Å². The van der Waals surface area contributed by atoms with Crippen molar-refractivity contribution < 1.29 is 18.9 Å². The summed E-state index contributed by atoms with van der Waals surface area (Å²) in [4.78, 5) is 26.3. The van der Waals surface area contributed by atoms with Crippen LogP contribution in [0.15, 0.2) is 121 Å². The van der Waals surface area contributed by atoms with Gasteiger partial charge in [0.15, 0.2) is 0 Å². The molecule has 0 radical (unpaired) electrons. The van der Waals surface area contributed by atoms with Gasteiger partial charge in [0.25, 0.3) is 0 Å². The molecular formula is C72H83N7O4. The summed E-state index contributed by atoms with van der Waals surface area (Å²) in [6.45, 7) is 9.24. The number of ether oxygens (including phenoxy) is 4. The van der Waals surface area contributed by atoms with E-state index >= 15 is 0 Å². The first-order chi connectivity index (χ1) is 40.8. The minimum Gasteiger partial charge on any atom is -0.494 e. The highest BCUT2D eigenvalue weighted by atomic mass is 16.5. The zero-order valence-corrected chi connectivity index (χ0v) is 49.3. The topological polar surface area (TPSA) is 104 Å². The minimum atomic E-state index is 0.198. The van der Waals surface area contributed by atoms with Crippen LogP contribution >= 0.6 is 0 Å². The summed E-state index contributed by atoms with van der Waals surface area (Å²) in [7, 11) is 6.56. The molecule has 5 aliphatic rings. The number of unbranched alkanes of at least 4 members (excludes halogenated alkanes) is 7. The molecule has 12 rings (SSSR count). The number of aromatic amines is 2. The van der Waals surface area contributed by atoms with Gasteiger partial charge < -0.3 is 43.6 Å². The van der Waals surface area contributed by atoms with E-state index in [2.05, 4.69) is 198 Å². The molecular weight excluding hydrogens is 1030 g/mol. The summed E-state index contributed by atoms with van der Waals surface area (Å²) >= 11 is 0. The number of benzene rings is 4. The van der Waals surface area contributed by atoms with Crippen molar-refractivity contribution >= 4 is 46.4 Å². The molecule has 8 heterocycles. The lowest BCUT2D eigenvalue weighted by molar-refractivity contribution is 0.114. The number of aromatic nitrogens is 4. The van der Waals surface area contributed by atoms with Crippen molar-refractivity contribution in [2.45, 2.75) is 115 Å². The van der Waals surface area contributed by atoms with Crippen molar-refractivity contribution in [3.05, 3.63) is 144 Å². The first-order valence-electron chi connectivity index (χ1n) is 31.0. The van der Waals surface area contributed by atoms with Gasteiger partial charge in [-0.2, -0.15) is 0 Å². The Morgan fingerprint density at radius 1 is 0.361 bits per heavy atom. The molecule has 83 heavy (non-hydrogen) atoms. The molecule has 2 N–H and O–H groups in total. The minimum absolute atomic E-state index is 0.198. The van der Waals surface area contributed by atoms with Crippen molar-refractivity contribution in [3.63, 3.8) is 0 Å². The maximum atomic E-state index is 6.60. The van der Waals surface area contributed by atoms with Crippen LogP contribution in [0.3, 0.4) is 0 Å². The van der Waals surface area contributed by atoms with E-state index in [0.29, 0.717) is 6.61 Å². The van der Waals surface area contributed by atoms with Gasteiger partial charge in [-0.3, -0.25) is 0 Å². The average molecular weight is 1110 g/mol. The molecule has 4 aromatic carbocycles. The van der Waals surface area contributed by atoms with Crippen molar-refractivity contribution in [2.24, 2.45) is 0 Å². The van der Waals surface area contributed by atoms with Crippen LogP contribution in [0.2, 0.25) is 0 Å². The Labute approximate surface area is 491 Å². The maximum Gasteiger partial charge on any atom is 0.119 e. The quantitative estimate of drug-likeness (QED) is 0.0722. The highest BCUT2D eigenvalue weighted by Gasteiger charge is 2.24. The molecule has 0 amide bonds. The van der Waals surface area contributed by atoms with E-state index in [1.165, 1.54) is 44.9 Å². The summed E-state index contributed by atoms with van der Waals surface area (Å²) < 4.78 is 26.2. The Hall–Kier alpha value is -7.44. The summed E-state index contributed by atoms with van der Waals surface area (Å²) in [5.41, 5.74) is 15.4. The predicted octanol–water partition coefficient (Wildman–Crippen LogP) is 16.3. The molecule has 430 valence electrons. The number of piperidine rings is 3. The number of likely N-dealkylation sites (tertiary alicyclic amines) is 3. The summed E-state index contributed by atoms with van der Waals surface area (Å²) in [6.07, 6.45) is 25.5. The van der Waals surface area contributed by atoms with E-state index in [1.54, 1.807) is 0 Å². The second-order valence-corrected chi connectivity index (χ2v) is 23.8. The number of rotatable bonds is 20. The first kappa shape index (κ1) is 56.1. The molecule has 7 aromatic rings. The smallest absolute Gasteiger partial charge is 0.119 e. The Morgan fingerprint density at radius 3 is 1.04 bits per heavy atom. The summed E-state index contributed by atoms with van der Waals surface area (Å²) in [5, 5.41) is 0. The molecule has 11 nitrogen and oxygen atoms in total. The van der Waals surface area contributed by atoms with Gasteiger partial charge in [0.2, 0.25) is 0 Å². The molecule has 8 bridgehead atoms. The van der Waals surface area contributed by atoms with E-state index < -0.39 is 0 Å². The lowest BCUT2D eigenvalue weighted by Gasteiger charge is -2.29. The molecule has 5 aliphatic heterocycles. The monoisotopic (exact) mass is 1110 g/mol. The fourth-order valence-corrected chi connectivity index (χ4v) is 12.6. The predicted molar refractivity (Wildman–Crippen MR) is 342 cm³/mol. The summed E-state index contributed by atoms with van der Waals surface area (Å²) in [5.74, 6) is 3.52. The number of fused-ring (bicyclic) bond motifs is 8. The zero-order chi connectivity index (χ0) is 56.5. The standard InChI is InChI=1S/C72H83N7O4/c1-5-6-7-8-9-10-11-12-49-80-54-21-13-50(14-22-54)69-61-29-31-63(73-61)70(51-15-23-55(24-16-51)81-58-37-43-77(2)44-38-58)65-33-35-67(75-65)72(53-19-27-57(28-20-53)83-60-41-47-79(4)48-42-60)68-36-34-66(76-68)71(64-32-30-62(69)74-64)52-17-25-56(26-18-52)82-59-39-45-78(3)46-40-59/h13-36,58-60,73-74H,5-12,37-49H2,1-4H3. The van der Waals surface area contributed by atoms with Gasteiger partial charge in [-0.15, -0.1) is 0 Å². The van der Waals surface area contributed by atoms with Gasteiger partial charge in [-0.05, 0) is 185 Å². The van der Waals surface area contributed by atoms with Crippen molar-refractivity contribution in [3.8, 4) is 67.5 Å². The molecule has 0 atom stereocenters. The maximum absolute atomic E-state index is 6.60. The van der Waals surface area contributed by atoms with Gasteiger partial charge in [0.05, 0.1) is 29.4 Å². The van der Waals surface area contributed by atoms with Gasteiger partial charge in [0.1, 0.15) is 41.3 Å². The average Bonchev–Trinajstić information content (AvgIpc) is 3.83. The third-order valence-corrected chi connectivity index (χ3v) is 17.5. The normalized spacial score (nSPS) is 16.6. The lowest BCUT2D eigenvalue weighted by atomic mass is 10.0. The van der Waals surface area contributed by atoms with E-state index in [1.807, 2.05) is 0 Å². The molecule has 3 saturated heterocycles. The molecule has 3 fully saturated rings. The second kappa shape index (κ2) is 26.4. The number of H-pyrrole nitrogens is 2. The van der Waals surface area contributed by atoms with Crippen LogP contribution in [0.1, 0.15) is 120 Å². The third kappa shape index (κ3) is 13.7. The number of nitrogens with one attached hydrogen (secondary N) is 2. The zero-order valence-electron chi connectivity index (χ0n) is 49.3. The van der Waals surface area contributed by atoms with Gasteiger partial charge in [0, 0.05) is 83.6 Å². The second-order valence-electron chi connectivity index (χ2n) is 23.8.